The Hall–Kier alpha value is -1.77. The van der Waals surface area contributed by atoms with E-state index in [9.17, 15) is 0 Å². The van der Waals surface area contributed by atoms with Gasteiger partial charge in [0.25, 0.3) is 0 Å². The number of hydrogen-bond acceptors (Lipinski definition) is 2. The largest absolute Gasteiger partial charge is 0.383 e. The summed E-state index contributed by atoms with van der Waals surface area (Å²) >= 11 is 0. The van der Waals surface area contributed by atoms with E-state index in [0.29, 0.717) is 6.04 Å². The first-order valence-corrected chi connectivity index (χ1v) is 5.90. The number of nitrogen functional groups attached to an aromatic ring is 1. The summed E-state index contributed by atoms with van der Waals surface area (Å²) in [6, 6.07) is 6.68. The molecule has 3 heteroatoms. The molecule has 1 heterocycles. The van der Waals surface area contributed by atoms with Crippen molar-refractivity contribution in [2.24, 2.45) is 0 Å². The molecule has 0 atom stereocenters. The number of benzene rings is 1. The van der Waals surface area contributed by atoms with E-state index < -0.39 is 0 Å². The van der Waals surface area contributed by atoms with Gasteiger partial charge in [-0.1, -0.05) is 23.8 Å². The lowest BCUT2D eigenvalue weighted by atomic mass is 10.0. The van der Waals surface area contributed by atoms with Crippen LogP contribution in [0.4, 0.5) is 5.82 Å². The van der Waals surface area contributed by atoms with Crippen molar-refractivity contribution in [1.29, 1.82) is 0 Å². The van der Waals surface area contributed by atoms with Gasteiger partial charge in [-0.15, -0.1) is 0 Å². The lowest BCUT2D eigenvalue weighted by Crippen LogP contribution is -2.04. The minimum Gasteiger partial charge on any atom is -0.383 e. The molecule has 1 aromatic carbocycles. The average Bonchev–Trinajstić information content (AvgIpc) is 2.60. The molecule has 17 heavy (non-hydrogen) atoms. The molecular weight excluding hydrogens is 210 g/mol. The Labute approximate surface area is 102 Å². The lowest BCUT2D eigenvalue weighted by molar-refractivity contribution is 0.607. The molecule has 0 aliphatic rings. The van der Waals surface area contributed by atoms with Crippen molar-refractivity contribution in [3.63, 3.8) is 0 Å². The zero-order chi connectivity index (χ0) is 12.6. The summed E-state index contributed by atoms with van der Waals surface area (Å²) < 4.78 is 1.99. The highest BCUT2D eigenvalue weighted by Gasteiger charge is 2.13. The van der Waals surface area contributed by atoms with Gasteiger partial charge in [0.05, 0.1) is 6.33 Å². The van der Waals surface area contributed by atoms with Crippen LogP contribution in [-0.2, 0) is 0 Å². The third-order valence-corrected chi connectivity index (χ3v) is 3.03. The third kappa shape index (κ3) is 2.05. The second kappa shape index (κ2) is 4.24. The van der Waals surface area contributed by atoms with E-state index in [-0.39, 0.29) is 0 Å². The molecule has 0 radical (unpaired) electrons. The first kappa shape index (κ1) is 11.7. The molecule has 0 saturated heterocycles. The van der Waals surface area contributed by atoms with Crippen molar-refractivity contribution in [2.45, 2.75) is 33.7 Å². The molecule has 0 aliphatic heterocycles. The van der Waals surface area contributed by atoms with Crippen molar-refractivity contribution >= 4 is 5.82 Å². The fourth-order valence-corrected chi connectivity index (χ4v) is 2.07. The van der Waals surface area contributed by atoms with Crippen molar-refractivity contribution < 1.29 is 0 Å². The number of aromatic nitrogens is 2. The van der Waals surface area contributed by atoms with Crippen LogP contribution < -0.4 is 5.73 Å². The summed E-state index contributed by atoms with van der Waals surface area (Å²) in [6.45, 7) is 8.39. The Bertz CT molecular complexity index is 538. The molecular formula is C14H19N3. The summed E-state index contributed by atoms with van der Waals surface area (Å²) in [5.74, 6) is 0.743. The van der Waals surface area contributed by atoms with E-state index in [1.807, 2.05) is 10.9 Å². The highest BCUT2D eigenvalue weighted by molar-refractivity contribution is 5.73. The summed E-state index contributed by atoms with van der Waals surface area (Å²) in [4.78, 5) is 4.44. The van der Waals surface area contributed by atoms with Gasteiger partial charge in [0.1, 0.15) is 11.5 Å². The zero-order valence-corrected chi connectivity index (χ0v) is 10.9. The zero-order valence-electron chi connectivity index (χ0n) is 10.9. The summed E-state index contributed by atoms with van der Waals surface area (Å²) in [7, 11) is 0. The van der Waals surface area contributed by atoms with Crippen LogP contribution in [0, 0.1) is 13.8 Å². The van der Waals surface area contributed by atoms with Gasteiger partial charge >= 0.3 is 0 Å². The summed E-state index contributed by atoms with van der Waals surface area (Å²) in [5.41, 5.74) is 10.6. The fourth-order valence-electron chi connectivity index (χ4n) is 2.07. The maximum atomic E-state index is 6.14. The van der Waals surface area contributed by atoms with Gasteiger partial charge in [-0.2, -0.15) is 0 Å². The van der Waals surface area contributed by atoms with Gasteiger partial charge in [0.15, 0.2) is 0 Å². The number of rotatable bonds is 2. The molecule has 90 valence electrons. The monoisotopic (exact) mass is 229 g/mol. The molecule has 0 fully saturated rings. The van der Waals surface area contributed by atoms with Crippen molar-refractivity contribution in [1.82, 2.24) is 9.55 Å². The average molecular weight is 229 g/mol. The van der Waals surface area contributed by atoms with Crippen LogP contribution >= 0.6 is 0 Å². The molecule has 3 nitrogen and oxygen atoms in total. The highest BCUT2D eigenvalue weighted by Crippen LogP contribution is 2.29. The molecule has 0 spiro atoms. The van der Waals surface area contributed by atoms with Crippen LogP contribution in [0.15, 0.2) is 24.5 Å². The van der Waals surface area contributed by atoms with Gasteiger partial charge in [0, 0.05) is 11.6 Å². The Balaban J connectivity index is 2.54. The van der Waals surface area contributed by atoms with Gasteiger partial charge in [0.2, 0.25) is 0 Å². The molecule has 2 N–H and O–H groups in total. The predicted molar refractivity (Wildman–Crippen MR) is 71.9 cm³/mol. The standard InChI is InChI=1S/C14H19N3/c1-9(2)17-8-16-13(14(17)15)12-6-5-10(3)7-11(12)4/h5-9H,15H2,1-4H3. The first-order chi connectivity index (χ1) is 8.00. The van der Waals surface area contributed by atoms with E-state index in [1.54, 1.807) is 0 Å². The predicted octanol–water partition coefficient (Wildman–Crippen LogP) is 3.33. The van der Waals surface area contributed by atoms with Crippen LogP contribution in [0.1, 0.15) is 31.0 Å². The van der Waals surface area contributed by atoms with Crippen molar-refractivity contribution in [3.8, 4) is 11.3 Å². The Morgan fingerprint density at radius 2 is 1.94 bits per heavy atom. The molecule has 0 saturated carbocycles. The number of aryl methyl sites for hydroxylation is 2. The molecule has 0 bridgehead atoms. The highest BCUT2D eigenvalue weighted by atomic mass is 15.1. The van der Waals surface area contributed by atoms with E-state index in [2.05, 4.69) is 50.9 Å². The molecule has 0 aliphatic carbocycles. The van der Waals surface area contributed by atoms with Crippen LogP contribution in [0.5, 0.6) is 0 Å². The quantitative estimate of drug-likeness (QED) is 0.858. The molecule has 2 rings (SSSR count). The van der Waals surface area contributed by atoms with Gasteiger partial charge in [-0.25, -0.2) is 4.98 Å². The Morgan fingerprint density at radius 3 is 2.47 bits per heavy atom. The molecule has 0 unspecified atom stereocenters. The van der Waals surface area contributed by atoms with Crippen molar-refractivity contribution in [2.75, 3.05) is 5.73 Å². The lowest BCUT2D eigenvalue weighted by Gasteiger charge is -2.10. The molecule has 1 aromatic heterocycles. The van der Waals surface area contributed by atoms with Crippen molar-refractivity contribution in [3.05, 3.63) is 35.7 Å². The second-order valence-electron chi connectivity index (χ2n) is 4.80. The Kier molecular flexibility index (Phi) is 2.92. The van der Waals surface area contributed by atoms with Gasteiger partial charge in [-0.3, -0.25) is 0 Å². The maximum Gasteiger partial charge on any atom is 0.131 e. The number of nitrogens with two attached hydrogens (primary N) is 1. The van der Waals surface area contributed by atoms with Crippen LogP contribution in [0.2, 0.25) is 0 Å². The first-order valence-electron chi connectivity index (χ1n) is 5.90. The van der Waals surface area contributed by atoms with Gasteiger partial charge in [-0.05, 0) is 33.3 Å². The van der Waals surface area contributed by atoms with Crippen LogP contribution in [-0.4, -0.2) is 9.55 Å². The van der Waals surface area contributed by atoms with E-state index >= 15 is 0 Å². The number of imidazole rings is 1. The molecule has 0 amide bonds. The van der Waals surface area contributed by atoms with Gasteiger partial charge < -0.3 is 10.3 Å². The topological polar surface area (TPSA) is 43.8 Å². The second-order valence-corrected chi connectivity index (χ2v) is 4.80. The minimum absolute atomic E-state index is 0.335. The van der Waals surface area contributed by atoms with Crippen LogP contribution in [0.3, 0.4) is 0 Å². The summed E-state index contributed by atoms with van der Waals surface area (Å²) in [5, 5.41) is 0. The number of nitrogens with zero attached hydrogens (tertiary/aromatic N) is 2. The number of anilines is 1. The van der Waals surface area contributed by atoms with Crippen LogP contribution in [0.25, 0.3) is 11.3 Å². The minimum atomic E-state index is 0.335. The molecule has 2 aromatic rings. The SMILES string of the molecule is Cc1ccc(-c2ncn(C(C)C)c2N)c(C)c1. The number of hydrogen-bond donors (Lipinski definition) is 1. The van der Waals surface area contributed by atoms with E-state index in [0.717, 1.165) is 17.1 Å². The van der Waals surface area contributed by atoms with E-state index in [1.165, 1.54) is 11.1 Å². The summed E-state index contributed by atoms with van der Waals surface area (Å²) in [6.07, 6.45) is 1.81. The van der Waals surface area contributed by atoms with E-state index in [4.69, 9.17) is 5.73 Å². The fraction of sp³-hybridized carbons (Fsp3) is 0.357. The normalized spacial score (nSPS) is 11.1. The Morgan fingerprint density at radius 1 is 1.24 bits per heavy atom. The maximum absolute atomic E-state index is 6.14. The third-order valence-electron chi connectivity index (χ3n) is 3.03. The smallest absolute Gasteiger partial charge is 0.131 e.